The molecule has 0 aliphatic carbocycles. The number of hydrogen-bond donors (Lipinski definition) is 0. The second kappa shape index (κ2) is 4.79. The van der Waals surface area contributed by atoms with Crippen LogP contribution in [0.1, 0.15) is 19.4 Å². The third kappa shape index (κ3) is 2.44. The minimum Gasteiger partial charge on any atom is -0.377 e. The van der Waals surface area contributed by atoms with Gasteiger partial charge in [-0.2, -0.15) is 0 Å². The molecule has 0 aromatic heterocycles. The van der Waals surface area contributed by atoms with E-state index < -0.39 is 0 Å². The molecule has 0 saturated carbocycles. The van der Waals surface area contributed by atoms with Gasteiger partial charge in [0.2, 0.25) is 0 Å². The van der Waals surface area contributed by atoms with E-state index in [1.165, 1.54) is 22.0 Å². The van der Waals surface area contributed by atoms with Gasteiger partial charge in [0.05, 0.1) is 0 Å². The van der Waals surface area contributed by atoms with Crippen molar-refractivity contribution in [2.45, 2.75) is 20.3 Å². The van der Waals surface area contributed by atoms with Crippen molar-refractivity contribution in [3.63, 3.8) is 0 Å². The molecule has 0 bridgehead atoms. The molecule has 0 spiro atoms. The van der Waals surface area contributed by atoms with Crippen LogP contribution in [0.3, 0.4) is 0 Å². The van der Waals surface area contributed by atoms with Crippen LogP contribution in [-0.4, -0.2) is 14.1 Å². The first-order chi connectivity index (χ1) is 8.09. The molecule has 2 aromatic carbocycles. The maximum Gasteiger partial charge on any atom is 0.0440 e. The monoisotopic (exact) mass is 227 g/mol. The van der Waals surface area contributed by atoms with Crippen LogP contribution in [0.2, 0.25) is 0 Å². The fourth-order valence-corrected chi connectivity index (χ4v) is 2.35. The SMILES string of the molecule is CC(C)Cc1ccc(N(C)C)c2ccccc12. The summed E-state index contributed by atoms with van der Waals surface area (Å²) in [6.45, 7) is 4.54. The quantitative estimate of drug-likeness (QED) is 0.763. The Morgan fingerprint density at radius 1 is 0.941 bits per heavy atom. The molecular weight excluding hydrogens is 206 g/mol. The minimum atomic E-state index is 0.698. The smallest absolute Gasteiger partial charge is 0.0440 e. The molecule has 0 radical (unpaired) electrons. The summed E-state index contributed by atoms with van der Waals surface area (Å²) in [7, 11) is 4.20. The van der Waals surface area contributed by atoms with E-state index in [1.54, 1.807) is 0 Å². The third-order valence-corrected chi connectivity index (χ3v) is 3.10. The topological polar surface area (TPSA) is 3.24 Å². The zero-order chi connectivity index (χ0) is 12.4. The summed E-state index contributed by atoms with van der Waals surface area (Å²) in [6, 6.07) is 13.2. The van der Waals surface area contributed by atoms with E-state index in [0.29, 0.717) is 5.92 Å². The van der Waals surface area contributed by atoms with Crippen molar-refractivity contribution >= 4 is 16.5 Å². The Bertz CT molecular complexity index is 512. The number of anilines is 1. The summed E-state index contributed by atoms with van der Waals surface area (Å²) in [4.78, 5) is 2.18. The highest BCUT2D eigenvalue weighted by atomic mass is 15.1. The lowest BCUT2D eigenvalue weighted by atomic mass is 9.96. The van der Waals surface area contributed by atoms with Gasteiger partial charge >= 0.3 is 0 Å². The van der Waals surface area contributed by atoms with Crippen LogP contribution in [0.4, 0.5) is 5.69 Å². The van der Waals surface area contributed by atoms with Crippen molar-refractivity contribution in [1.82, 2.24) is 0 Å². The van der Waals surface area contributed by atoms with Crippen molar-refractivity contribution < 1.29 is 0 Å². The van der Waals surface area contributed by atoms with Crippen LogP contribution in [0.15, 0.2) is 36.4 Å². The fraction of sp³-hybridized carbons (Fsp3) is 0.375. The van der Waals surface area contributed by atoms with Crippen LogP contribution >= 0.6 is 0 Å². The molecule has 2 rings (SSSR count). The summed E-state index contributed by atoms with van der Waals surface area (Å²) in [6.07, 6.45) is 1.15. The van der Waals surface area contributed by atoms with Crippen LogP contribution in [0.25, 0.3) is 10.8 Å². The van der Waals surface area contributed by atoms with Crippen molar-refractivity contribution in [3.05, 3.63) is 42.0 Å². The molecule has 0 aliphatic heterocycles. The van der Waals surface area contributed by atoms with Crippen LogP contribution in [0.5, 0.6) is 0 Å². The van der Waals surface area contributed by atoms with Gasteiger partial charge in [0, 0.05) is 25.2 Å². The van der Waals surface area contributed by atoms with Crippen molar-refractivity contribution in [2.24, 2.45) is 5.92 Å². The zero-order valence-electron chi connectivity index (χ0n) is 11.2. The molecule has 0 heterocycles. The number of benzene rings is 2. The molecule has 2 aromatic rings. The average Bonchev–Trinajstić information content (AvgIpc) is 2.28. The van der Waals surface area contributed by atoms with Gasteiger partial charge in [0.15, 0.2) is 0 Å². The first kappa shape index (κ1) is 12.0. The van der Waals surface area contributed by atoms with E-state index in [9.17, 15) is 0 Å². The largest absolute Gasteiger partial charge is 0.377 e. The maximum atomic E-state index is 2.28. The Labute approximate surface area is 104 Å². The summed E-state index contributed by atoms with van der Waals surface area (Å²) in [5.74, 6) is 0.698. The lowest BCUT2D eigenvalue weighted by molar-refractivity contribution is 0.650. The molecule has 1 heteroatoms. The molecule has 0 aliphatic rings. The molecule has 0 amide bonds. The van der Waals surface area contributed by atoms with Crippen LogP contribution in [0, 0.1) is 5.92 Å². The number of nitrogens with zero attached hydrogens (tertiary/aromatic N) is 1. The summed E-state index contributed by atoms with van der Waals surface area (Å²) in [5, 5.41) is 2.75. The highest BCUT2D eigenvalue weighted by Gasteiger charge is 2.07. The van der Waals surface area contributed by atoms with Gasteiger partial charge in [-0.1, -0.05) is 44.2 Å². The van der Waals surface area contributed by atoms with Crippen LogP contribution < -0.4 is 4.90 Å². The second-order valence-electron chi connectivity index (χ2n) is 5.28. The maximum absolute atomic E-state index is 2.28. The predicted molar refractivity (Wildman–Crippen MR) is 76.8 cm³/mol. The average molecular weight is 227 g/mol. The van der Waals surface area contributed by atoms with Gasteiger partial charge in [0.1, 0.15) is 0 Å². The van der Waals surface area contributed by atoms with Crippen LogP contribution in [-0.2, 0) is 6.42 Å². The van der Waals surface area contributed by atoms with Crippen molar-refractivity contribution in [1.29, 1.82) is 0 Å². The number of rotatable bonds is 3. The van der Waals surface area contributed by atoms with Gasteiger partial charge in [-0.05, 0) is 29.4 Å². The predicted octanol–water partition coefficient (Wildman–Crippen LogP) is 4.10. The van der Waals surface area contributed by atoms with E-state index in [2.05, 4.69) is 69.2 Å². The zero-order valence-corrected chi connectivity index (χ0v) is 11.2. The van der Waals surface area contributed by atoms with E-state index in [4.69, 9.17) is 0 Å². The summed E-state index contributed by atoms with van der Waals surface area (Å²) < 4.78 is 0. The van der Waals surface area contributed by atoms with E-state index in [0.717, 1.165) is 6.42 Å². The first-order valence-corrected chi connectivity index (χ1v) is 6.27. The molecule has 17 heavy (non-hydrogen) atoms. The Hall–Kier alpha value is -1.50. The van der Waals surface area contributed by atoms with Gasteiger partial charge in [0.25, 0.3) is 0 Å². The first-order valence-electron chi connectivity index (χ1n) is 6.27. The fourth-order valence-electron chi connectivity index (χ4n) is 2.35. The standard InChI is InChI=1S/C16H21N/c1-12(2)11-13-9-10-16(17(3)4)15-8-6-5-7-14(13)15/h5-10,12H,11H2,1-4H3. The molecular formula is C16H21N. The Balaban J connectivity index is 2.62. The lowest BCUT2D eigenvalue weighted by Crippen LogP contribution is -2.09. The molecule has 90 valence electrons. The van der Waals surface area contributed by atoms with E-state index in [-0.39, 0.29) is 0 Å². The van der Waals surface area contributed by atoms with Gasteiger partial charge in [-0.25, -0.2) is 0 Å². The van der Waals surface area contributed by atoms with Crippen molar-refractivity contribution in [3.8, 4) is 0 Å². The van der Waals surface area contributed by atoms with E-state index in [1.807, 2.05) is 0 Å². The Kier molecular flexibility index (Phi) is 3.37. The Morgan fingerprint density at radius 3 is 2.18 bits per heavy atom. The number of hydrogen-bond acceptors (Lipinski definition) is 1. The molecule has 0 fully saturated rings. The molecule has 0 N–H and O–H groups in total. The minimum absolute atomic E-state index is 0.698. The second-order valence-corrected chi connectivity index (χ2v) is 5.28. The molecule has 0 saturated heterocycles. The normalized spacial score (nSPS) is 11.1. The van der Waals surface area contributed by atoms with Gasteiger partial charge < -0.3 is 4.90 Å². The summed E-state index contributed by atoms with van der Waals surface area (Å²) in [5.41, 5.74) is 2.76. The van der Waals surface area contributed by atoms with Crippen molar-refractivity contribution in [2.75, 3.05) is 19.0 Å². The molecule has 0 atom stereocenters. The highest BCUT2D eigenvalue weighted by Crippen LogP contribution is 2.29. The Morgan fingerprint density at radius 2 is 1.59 bits per heavy atom. The third-order valence-electron chi connectivity index (χ3n) is 3.10. The van der Waals surface area contributed by atoms with Gasteiger partial charge in [-0.15, -0.1) is 0 Å². The molecule has 1 nitrogen and oxygen atoms in total. The highest BCUT2D eigenvalue weighted by molar-refractivity contribution is 5.96. The number of fused-ring (bicyclic) bond motifs is 1. The van der Waals surface area contributed by atoms with E-state index >= 15 is 0 Å². The molecule has 0 unspecified atom stereocenters. The lowest BCUT2D eigenvalue weighted by Gasteiger charge is -2.18. The van der Waals surface area contributed by atoms with Gasteiger partial charge in [-0.3, -0.25) is 0 Å². The summed E-state index contributed by atoms with van der Waals surface area (Å²) >= 11 is 0.